The third-order valence-corrected chi connectivity index (χ3v) is 5.58. The predicted molar refractivity (Wildman–Crippen MR) is 111 cm³/mol. The van der Waals surface area contributed by atoms with Gasteiger partial charge in [0, 0.05) is 24.0 Å². The van der Waals surface area contributed by atoms with Gasteiger partial charge >= 0.3 is 11.8 Å². The SMILES string of the molecule is Cc1ccc2oc(-c3nnc(C(=O)NCCCN4CCC[C@H](C)C4)o3)c(C)c2c1. The van der Waals surface area contributed by atoms with Crippen LogP contribution in [-0.2, 0) is 0 Å². The van der Waals surface area contributed by atoms with Crippen LogP contribution in [-0.4, -0.2) is 47.2 Å². The van der Waals surface area contributed by atoms with E-state index in [-0.39, 0.29) is 17.7 Å². The number of rotatable bonds is 6. The number of amides is 1. The summed E-state index contributed by atoms with van der Waals surface area (Å²) in [5.41, 5.74) is 2.84. The number of nitrogens with zero attached hydrogens (tertiary/aromatic N) is 3. The van der Waals surface area contributed by atoms with E-state index >= 15 is 0 Å². The van der Waals surface area contributed by atoms with E-state index < -0.39 is 0 Å². The third-order valence-electron chi connectivity index (χ3n) is 5.58. The molecule has 0 spiro atoms. The summed E-state index contributed by atoms with van der Waals surface area (Å²) in [6.07, 6.45) is 3.48. The van der Waals surface area contributed by atoms with E-state index in [2.05, 4.69) is 33.4 Å². The molecule has 0 radical (unpaired) electrons. The van der Waals surface area contributed by atoms with Crippen LogP contribution in [0.3, 0.4) is 0 Å². The van der Waals surface area contributed by atoms with Gasteiger partial charge in [0.15, 0.2) is 5.76 Å². The minimum Gasteiger partial charge on any atom is -0.451 e. The minimum atomic E-state index is -0.347. The molecule has 1 N–H and O–H groups in total. The number of benzene rings is 1. The zero-order chi connectivity index (χ0) is 20.4. The lowest BCUT2D eigenvalue weighted by Crippen LogP contribution is -2.36. The van der Waals surface area contributed by atoms with Crippen molar-refractivity contribution in [3.05, 3.63) is 35.2 Å². The molecule has 1 aliphatic heterocycles. The van der Waals surface area contributed by atoms with Gasteiger partial charge in [-0.3, -0.25) is 4.79 Å². The quantitative estimate of drug-likeness (QED) is 0.635. The van der Waals surface area contributed by atoms with Crippen LogP contribution in [0.2, 0.25) is 0 Å². The number of hydrogen-bond acceptors (Lipinski definition) is 6. The smallest absolute Gasteiger partial charge is 0.308 e. The van der Waals surface area contributed by atoms with E-state index in [0.29, 0.717) is 12.3 Å². The molecule has 0 unspecified atom stereocenters. The molecule has 1 saturated heterocycles. The summed E-state index contributed by atoms with van der Waals surface area (Å²) >= 11 is 0. The van der Waals surface area contributed by atoms with Crippen molar-refractivity contribution in [2.75, 3.05) is 26.2 Å². The fourth-order valence-electron chi connectivity index (χ4n) is 4.02. The molecule has 2 aromatic heterocycles. The van der Waals surface area contributed by atoms with Gasteiger partial charge in [-0.15, -0.1) is 10.2 Å². The third kappa shape index (κ3) is 4.34. The van der Waals surface area contributed by atoms with E-state index in [1.165, 1.54) is 12.8 Å². The fraction of sp³-hybridized carbons (Fsp3) is 0.500. The summed E-state index contributed by atoms with van der Waals surface area (Å²) in [6.45, 7) is 10.2. The first-order valence-electron chi connectivity index (χ1n) is 10.4. The van der Waals surface area contributed by atoms with Crippen molar-refractivity contribution in [2.45, 2.75) is 40.0 Å². The Labute approximate surface area is 170 Å². The highest BCUT2D eigenvalue weighted by molar-refractivity contribution is 5.90. The standard InChI is InChI=1S/C22H28N4O3/c1-14-7-8-18-17(12-14)16(3)19(28-18)21-24-25-22(29-21)20(27)23-9-5-11-26-10-4-6-15(2)13-26/h7-8,12,15H,4-6,9-11,13H2,1-3H3,(H,23,27)/t15-/m0/s1. The molecule has 3 aromatic rings. The fourth-order valence-corrected chi connectivity index (χ4v) is 4.02. The van der Waals surface area contributed by atoms with Crippen LogP contribution in [0.4, 0.5) is 0 Å². The zero-order valence-electron chi connectivity index (χ0n) is 17.3. The number of hydrogen-bond donors (Lipinski definition) is 1. The summed E-state index contributed by atoms with van der Waals surface area (Å²) in [5.74, 6) is 1.11. The maximum atomic E-state index is 12.3. The van der Waals surface area contributed by atoms with Crippen LogP contribution >= 0.6 is 0 Å². The molecule has 1 atom stereocenters. The van der Waals surface area contributed by atoms with Crippen LogP contribution in [0.25, 0.3) is 22.6 Å². The van der Waals surface area contributed by atoms with Crippen molar-refractivity contribution >= 4 is 16.9 Å². The highest BCUT2D eigenvalue weighted by atomic mass is 16.4. The Bertz CT molecular complexity index is 1010. The molecule has 7 heteroatoms. The average molecular weight is 396 g/mol. The Kier molecular flexibility index (Phi) is 5.67. The van der Waals surface area contributed by atoms with Gasteiger partial charge in [0.2, 0.25) is 0 Å². The lowest BCUT2D eigenvalue weighted by atomic mass is 10.0. The van der Waals surface area contributed by atoms with Crippen molar-refractivity contribution in [3.63, 3.8) is 0 Å². The van der Waals surface area contributed by atoms with Gasteiger partial charge in [-0.05, 0) is 64.3 Å². The summed E-state index contributed by atoms with van der Waals surface area (Å²) < 4.78 is 11.5. The Balaban J connectivity index is 1.35. The van der Waals surface area contributed by atoms with Gasteiger partial charge < -0.3 is 19.1 Å². The average Bonchev–Trinajstić information content (AvgIpc) is 3.31. The molecule has 29 heavy (non-hydrogen) atoms. The molecular formula is C22H28N4O3. The highest BCUT2D eigenvalue weighted by Crippen LogP contribution is 2.32. The topological polar surface area (TPSA) is 84.4 Å². The molecule has 3 heterocycles. The molecule has 1 fully saturated rings. The second-order valence-electron chi connectivity index (χ2n) is 8.13. The number of piperidine rings is 1. The highest BCUT2D eigenvalue weighted by Gasteiger charge is 2.21. The molecule has 7 nitrogen and oxygen atoms in total. The normalized spacial score (nSPS) is 17.7. The molecule has 0 saturated carbocycles. The predicted octanol–water partition coefficient (Wildman–Crippen LogP) is 3.95. The summed E-state index contributed by atoms with van der Waals surface area (Å²) in [5, 5.41) is 11.8. The molecule has 0 bridgehead atoms. The van der Waals surface area contributed by atoms with Gasteiger partial charge in [-0.2, -0.15) is 0 Å². The first kappa shape index (κ1) is 19.6. The number of carbonyl (C=O) groups excluding carboxylic acids is 1. The summed E-state index contributed by atoms with van der Waals surface area (Å²) in [6, 6.07) is 5.98. The van der Waals surface area contributed by atoms with E-state index in [1.54, 1.807) is 0 Å². The number of nitrogens with one attached hydrogen (secondary N) is 1. The molecule has 4 rings (SSSR count). The van der Waals surface area contributed by atoms with Crippen molar-refractivity contribution in [3.8, 4) is 11.7 Å². The van der Waals surface area contributed by atoms with Gasteiger partial charge in [-0.1, -0.05) is 18.6 Å². The summed E-state index contributed by atoms with van der Waals surface area (Å²) in [7, 11) is 0. The first-order chi connectivity index (χ1) is 14.0. The minimum absolute atomic E-state index is 0.0392. The lowest BCUT2D eigenvalue weighted by Gasteiger charge is -2.30. The monoisotopic (exact) mass is 396 g/mol. The van der Waals surface area contributed by atoms with Crippen molar-refractivity contribution in [1.82, 2.24) is 20.4 Å². The zero-order valence-corrected chi connectivity index (χ0v) is 17.3. The number of furan rings is 1. The molecule has 0 aliphatic carbocycles. The van der Waals surface area contributed by atoms with Gasteiger partial charge in [0.05, 0.1) is 0 Å². The number of fused-ring (bicyclic) bond motifs is 1. The molecule has 154 valence electrons. The van der Waals surface area contributed by atoms with Crippen LogP contribution < -0.4 is 5.32 Å². The first-order valence-corrected chi connectivity index (χ1v) is 10.4. The van der Waals surface area contributed by atoms with Gasteiger partial charge in [-0.25, -0.2) is 0 Å². The van der Waals surface area contributed by atoms with E-state index in [1.807, 2.05) is 26.0 Å². The Morgan fingerprint density at radius 1 is 1.28 bits per heavy atom. The molecule has 1 aliphatic rings. The molecule has 1 aromatic carbocycles. The second kappa shape index (κ2) is 8.37. The van der Waals surface area contributed by atoms with Crippen molar-refractivity contribution < 1.29 is 13.6 Å². The molecular weight excluding hydrogens is 368 g/mol. The lowest BCUT2D eigenvalue weighted by molar-refractivity contribution is 0.0916. The van der Waals surface area contributed by atoms with E-state index in [9.17, 15) is 4.79 Å². The van der Waals surface area contributed by atoms with E-state index in [4.69, 9.17) is 8.83 Å². The number of aromatic nitrogens is 2. The Morgan fingerprint density at radius 3 is 2.97 bits per heavy atom. The van der Waals surface area contributed by atoms with E-state index in [0.717, 1.165) is 54.1 Å². The van der Waals surface area contributed by atoms with Crippen LogP contribution in [0.5, 0.6) is 0 Å². The number of carbonyl (C=O) groups is 1. The number of likely N-dealkylation sites (tertiary alicyclic amines) is 1. The number of aryl methyl sites for hydroxylation is 2. The second-order valence-corrected chi connectivity index (χ2v) is 8.13. The largest absolute Gasteiger partial charge is 0.451 e. The Morgan fingerprint density at radius 2 is 2.14 bits per heavy atom. The van der Waals surface area contributed by atoms with Crippen molar-refractivity contribution in [2.24, 2.45) is 5.92 Å². The van der Waals surface area contributed by atoms with Crippen LogP contribution in [0.15, 0.2) is 27.0 Å². The Hall–Kier alpha value is -2.67. The summed E-state index contributed by atoms with van der Waals surface area (Å²) in [4.78, 5) is 14.8. The van der Waals surface area contributed by atoms with Gasteiger partial charge in [0.25, 0.3) is 5.89 Å². The van der Waals surface area contributed by atoms with Crippen LogP contribution in [0.1, 0.15) is 48.0 Å². The van der Waals surface area contributed by atoms with Crippen LogP contribution in [0, 0.1) is 19.8 Å². The maximum Gasteiger partial charge on any atom is 0.308 e. The van der Waals surface area contributed by atoms with Crippen molar-refractivity contribution in [1.29, 1.82) is 0 Å². The maximum absolute atomic E-state index is 12.3. The van der Waals surface area contributed by atoms with Gasteiger partial charge in [0.1, 0.15) is 5.58 Å². The molecule has 1 amide bonds.